The van der Waals surface area contributed by atoms with Crippen LogP contribution in [0.25, 0.3) is 0 Å². The number of piperazine rings is 1. The van der Waals surface area contributed by atoms with Crippen LogP contribution in [0.1, 0.15) is 84.9 Å². The summed E-state index contributed by atoms with van der Waals surface area (Å²) >= 11 is 0. The minimum absolute atomic E-state index is 0.0500. The molecule has 44 heavy (non-hydrogen) atoms. The Bertz CT molecular complexity index is 1450. The molecule has 7 nitrogen and oxygen atoms in total. The zero-order chi connectivity index (χ0) is 31.2. The fraction of sp³-hybridized carbons (Fsp3) is 0.545. The third-order valence-electron chi connectivity index (χ3n) is 9.41. The van der Waals surface area contributed by atoms with Gasteiger partial charge in [-0.1, -0.05) is 26.0 Å². The van der Waals surface area contributed by atoms with Crippen LogP contribution in [0.3, 0.4) is 0 Å². The standard InChI is InChI=1S/C33H40F4N6O/c1-32(2)17-27-25(28(44)18-32)16-26(29(34)21-4-6-23(7-5-21)33(35,36)37)30(40-27)22-8-10-43(11-9-22)31-38-19-24(20-39-31)42-14-12-41(3)13-15-42/h4-7,16,19-20,22,28-29,44H,8-15,17-18H2,1-3H3/t28?,29-/m0/s1. The van der Waals surface area contributed by atoms with Gasteiger partial charge >= 0.3 is 6.18 Å². The zero-order valence-electron chi connectivity index (χ0n) is 25.5. The number of aliphatic hydroxyl groups excluding tert-OH is 1. The molecule has 4 heterocycles. The van der Waals surface area contributed by atoms with Crippen molar-refractivity contribution < 1.29 is 22.7 Å². The van der Waals surface area contributed by atoms with Crippen LogP contribution in [0, 0.1) is 5.41 Å². The highest BCUT2D eigenvalue weighted by molar-refractivity contribution is 5.46. The maximum absolute atomic E-state index is 16.3. The lowest BCUT2D eigenvalue weighted by Crippen LogP contribution is -2.44. The molecule has 0 amide bonds. The van der Waals surface area contributed by atoms with Crippen molar-refractivity contribution in [2.24, 2.45) is 5.41 Å². The second kappa shape index (κ2) is 11.9. The van der Waals surface area contributed by atoms with Crippen molar-refractivity contribution in [1.82, 2.24) is 19.9 Å². The molecule has 3 aliphatic rings. The molecule has 11 heteroatoms. The highest BCUT2D eigenvalue weighted by atomic mass is 19.4. The molecular formula is C33H40F4N6O. The highest BCUT2D eigenvalue weighted by Gasteiger charge is 2.36. The first kappa shape index (κ1) is 30.7. The fourth-order valence-electron chi connectivity index (χ4n) is 6.80. The van der Waals surface area contributed by atoms with Crippen molar-refractivity contribution in [3.05, 3.63) is 76.4 Å². The molecule has 236 valence electrons. The number of piperidine rings is 1. The van der Waals surface area contributed by atoms with Crippen LogP contribution in [0.5, 0.6) is 0 Å². The van der Waals surface area contributed by atoms with Gasteiger partial charge in [-0.3, -0.25) is 4.98 Å². The number of rotatable bonds is 5. The van der Waals surface area contributed by atoms with Crippen molar-refractivity contribution in [2.75, 3.05) is 56.1 Å². The monoisotopic (exact) mass is 612 g/mol. The van der Waals surface area contributed by atoms with E-state index in [4.69, 9.17) is 4.98 Å². The Kier molecular flexibility index (Phi) is 8.30. The van der Waals surface area contributed by atoms with Crippen molar-refractivity contribution in [3.63, 3.8) is 0 Å². The van der Waals surface area contributed by atoms with Crippen molar-refractivity contribution in [3.8, 4) is 0 Å². The second-order valence-electron chi connectivity index (χ2n) is 13.3. The number of hydrogen-bond donors (Lipinski definition) is 1. The number of pyridine rings is 1. The van der Waals surface area contributed by atoms with E-state index in [0.29, 0.717) is 61.5 Å². The summed E-state index contributed by atoms with van der Waals surface area (Å²) in [4.78, 5) is 21.1. The summed E-state index contributed by atoms with van der Waals surface area (Å²) in [5.74, 6) is 0.615. The topological polar surface area (TPSA) is 68.6 Å². The molecule has 0 saturated carbocycles. The van der Waals surface area contributed by atoms with Crippen LogP contribution in [0.15, 0.2) is 42.7 Å². The predicted molar refractivity (Wildman–Crippen MR) is 162 cm³/mol. The van der Waals surface area contributed by atoms with E-state index in [9.17, 15) is 18.3 Å². The molecule has 3 aromatic rings. The van der Waals surface area contributed by atoms with E-state index in [0.717, 1.165) is 49.7 Å². The SMILES string of the molecule is CN1CCN(c2cnc(N3CCC(c4nc5c(cc4[C@@H](F)c4ccc(C(F)(F)F)cc4)C(O)CC(C)(C)C5)CC3)nc2)CC1. The average molecular weight is 613 g/mol. The van der Waals surface area contributed by atoms with Gasteiger partial charge in [0.15, 0.2) is 6.17 Å². The molecule has 1 unspecified atom stereocenters. The number of hydrogen-bond acceptors (Lipinski definition) is 7. The van der Waals surface area contributed by atoms with Gasteiger partial charge in [-0.2, -0.15) is 13.2 Å². The summed E-state index contributed by atoms with van der Waals surface area (Å²) in [6.07, 6.45) is -0.580. The molecule has 0 radical (unpaired) electrons. The lowest BCUT2D eigenvalue weighted by atomic mass is 9.74. The number of aliphatic hydroxyl groups is 1. The Labute approximate surface area is 255 Å². The van der Waals surface area contributed by atoms with E-state index in [1.54, 1.807) is 6.07 Å². The smallest absolute Gasteiger partial charge is 0.388 e. The number of fused-ring (bicyclic) bond motifs is 1. The summed E-state index contributed by atoms with van der Waals surface area (Å²) in [6.45, 7) is 9.40. The lowest BCUT2D eigenvalue weighted by molar-refractivity contribution is -0.137. The van der Waals surface area contributed by atoms with Gasteiger partial charge in [-0.15, -0.1) is 0 Å². The summed E-state index contributed by atoms with van der Waals surface area (Å²) in [6, 6.07) is 5.94. The molecule has 2 aromatic heterocycles. The molecule has 1 aliphatic carbocycles. The Morgan fingerprint density at radius 1 is 0.932 bits per heavy atom. The van der Waals surface area contributed by atoms with Gasteiger partial charge < -0.3 is 19.8 Å². The van der Waals surface area contributed by atoms with E-state index in [1.807, 2.05) is 12.4 Å². The molecule has 1 aromatic carbocycles. The Balaban J connectivity index is 1.24. The van der Waals surface area contributed by atoms with Crippen LogP contribution >= 0.6 is 0 Å². The van der Waals surface area contributed by atoms with Crippen LogP contribution in [-0.4, -0.2) is 71.3 Å². The summed E-state index contributed by atoms with van der Waals surface area (Å²) < 4.78 is 55.8. The quantitative estimate of drug-likeness (QED) is 0.350. The molecule has 2 fully saturated rings. The number of aromatic nitrogens is 3. The molecule has 2 atom stereocenters. The molecule has 2 aliphatic heterocycles. The van der Waals surface area contributed by atoms with E-state index in [2.05, 4.69) is 45.6 Å². The number of likely N-dealkylation sites (N-methyl/N-ethyl adjacent to an activating group) is 1. The summed E-state index contributed by atoms with van der Waals surface area (Å²) in [5, 5.41) is 11.0. The van der Waals surface area contributed by atoms with Crippen LogP contribution in [-0.2, 0) is 12.6 Å². The first-order chi connectivity index (χ1) is 20.9. The van der Waals surface area contributed by atoms with E-state index in [-0.39, 0.29) is 16.9 Å². The first-order valence-electron chi connectivity index (χ1n) is 15.4. The second-order valence-corrected chi connectivity index (χ2v) is 13.3. The Morgan fingerprint density at radius 3 is 2.18 bits per heavy atom. The fourth-order valence-corrected chi connectivity index (χ4v) is 6.80. The third kappa shape index (κ3) is 6.40. The number of benzene rings is 1. The lowest BCUT2D eigenvalue weighted by Gasteiger charge is -2.37. The molecule has 2 saturated heterocycles. The number of alkyl halides is 4. The zero-order valence-corrected chi connectivity index (χ0v) is 25.5. The molecule has 0 bridgehead atoms. The minimum Gasteiger partial charge on any atom is -0.388 e. The molecule has 0 spiro atoms. The van der Waals surface area contributed by atoms with Crippen molar-refractivity contribution in [2.45, 2.75) is 63.9 Å². The largest absolute Gasteiger partial charge is 0.416 e. The van der Waals surface area contributed by atoms with Gasteiger partial charge in [-0.05, 0) is 61.9 Å². The van der Waals surface area contributed by atoms with Gasteiger partial charge in [0, 0.05) is 62.0 Å². The molecule has 6 rings (SSSR count). The Hall–Kier alpha value is -3.31. The highest BCUT2D eigenvalue weighted by Crippen LogP contribution is 2.44. The van der Waals surface area contributed by atoms with Crippen LogP contribution in [0.2, 0.25) is 0 Å². The van der Waals surface area contributed by atoms with Gasteiger partial charge in [0.1, 0.15) is 0 Å². The Morgan fingerprint density at radius 2 is 1.57 bits per heavy atom. The summed E-state index contributed by atoms with van der Waals surface area (Å²) in [7, 11) is 2.12. The third-order valence-corrected chi connectivity index (χ3v) is 9.41. The van der Waals surface area contributed by atoms with E-state index < -0.39 is 24.0 Å². The number of halogens is 4. The molecule has 1 N–H and O–H groups in total. The van der Waals surface area contributed by atoms with E-state index in [1.165, 1.54) is 12.1 Å². The van der Waals surface area contributed by atoms with Crippen molar-refractivity contribution in [1.29, 1.82) is 0 Å². The van der Waals surface area contributed by atoms with Crippen molar-refractivity contribution >= 4 is 11.6 Å². The number of nitrogens with zero attached hydrogens (tertiary/aromatic N) is 6. The maximum atomic E-state index is 16.3. The van der Waals surface area contributed by atoms with Gasteiger partial charge in [-0.25, -0.2) is 14.4 Å². The van der Waals surface area contributed by atoms with Gasteiger partial charge in [0.25, 0.3) is 0 Å². The summed E-state index contributed by atoms with van der Waals surface area (Å²) in [5.41, 5.74) is 2.53. The average Bonchev–Trinajstić information content (AvgIpc) is 3.00. The van der Waals surface area contributed by atoms with Crippen LogP contribution in [0.4, 0.5) is 29.2 Å². The minimum atomic E-state index is -4.50. The van der Waals surface area contributed by atoms with E-state index >= 15 is 4.39 Å². The number of anilines is 2. The maximum Gasteiger partial charge on any atom is 0.416 e. The predicted octanol–water partition coefficient (Wildman–Crippen LogP) is 6.09. The normalized spacial score (nSPS) is 22.1. The van der Waals surface area contributed by atoms with Gasteiger partial charge in [0.05, 0.1) is 35.4 Å². The van der Waals surface area contributed by atoms with Crippen LogP contribution < -0.4 is 9.80 Å². The first-order valence-corrected chi connectivity index (χ1v) is 15.4. The van der Waals surface area contributed by atoms with Gasteiger partial charge in [0.2, 0.25) is 5.95 Å². The molecular weight excluding hydrogens is 572 g/mol.